The fourth-order valence-corrected chi connectivity index (χ4v) is 4.01. The van der Waals surface area contributed by atoms with Crippen molar-refractivity contribution in [3.8, 4) is 22.8 Å². The van der Waals surface area contributed by atoms with Gasteiger partial charge in [-0.25, -0.2) is 23.0 Å². The molecule has 0 aliphatic carbocycles. The van der Waals surface area contributed by atoms with Crippen LogP contribution >= 0.6 is 0 Å². The SMILES string of the molecule is CS(=N)(=O)Cc1cc2cc(c1)OCCCOc1cc(F)ccc1-c1nc(ncc1F)N2. The highest BCUT2D eigenvalue weighted by Gasteiger charge is 2.17. The highest BCUT2D eigenvalue weighted by atomic mass is 32.2. The number of rotatable bonds is 2. The molecule has 4 rings (SSSR count). The molecule has 2 N–H and O–H groups in total. The molecule has 31 heavy (non-hydrogen) atoms. The Kier molecular flexibility index (Phi) is 5.73. The van der Waals surface area contributed by atoms with Crippen molar-refractivity contribution in [1.82, 2.24) is 9.97 Å². The van der Waals surface area contributed by atoms with Gasteiger partial charge in [0.2, 0.25) is 5.95 Å². The lowest BCUT2D eigenvalue weighted by molar-refractivity contribution is 0.247. The van der Waals surface area contributed by atoms with E-state index >= 15 is 0 Å². The van der Waals surface area contributed by atoms with Crippen LogP contribution in [-0.2, 0) is 15.5 Å². The summed E-state index contributed by atoms with van der Waals surface area (Å²) in [5.74, 6) is -0.338. The van der Waals surface area contributed by atoms with Crippen LogP contribution in [0.4, 0.5) is 20.4 Å². The highest BCUT2D eigenvalue weighted by molar-refractivity contribution is 7.90. The van der Waals surface area contributed by atoms with Gasteiger partial charge in [0, 0.05) is 45.8 Å². The van der Waals surface area contributed by atoms with Gasteiger partial charge in [0.15, 0.2) is 5.82 Å². The van der Waals surface area contributed by atoms with Crippen LogP contribution in [0.5, 0.6) is 11.5 Å². The Morgan fingerprint density at radius 2 is 1.97 bits per heavy atom. The number of halogens is 2. The third-order valence-corrected chi connectivity index (χ3v) is 5.31. The van der Waals surface area contributed by atoms with Gasteiger partial charge < -0.3 is 14.8 Å². The Bertz CT molecular complexity index is 1240. The van der Waals surface area contributed by atoms with Gasteiger partial charge in [-0.15, -0.1) is 0 Å². The first kappa shape index (κ1) is 21.0. The van der Waals surface area contributed by atoms with E-state index in [1.807, 2.05) is 0 Å². The minimum absolute atomic E-state index is 0.0278. The van der Waals surface area contributed by atoms with Crippen molar-refractivity contribution in [3.05, 3.63) is 59.8 Å². The van der Waals surface area contributed by atoms with E-state index < -0.39 is 21.4 Å². The maximum atomic E-state index is 14.5. The number of ether oxygens (including phenoxy) is 2. The Labute approximate surface area is 178 Å². The minimum Gasteiger partial charge on any atom is -0.493 e. The molecule has 1 aromatic heterocycles. The van der Waals surface area contributed by atoms with Crippen LogP contribution in [0.3, 0.4) is 0 Å². The van der Waals surface area contributed by atoms with Gasteiger partial charge in [0.05, 0.1) is 25.2 Å². The molecule has 1 aliphatic heterocycles. The van der Waals surface area contributed by atoms with Crippen molar-refractivity contribution >= 4 is 21.4 Å². The summed E-state index contributed by atoms with van der Waals surface area (Å²) >= 11 is 0. The van der Waals surface area contributed by atoms with E-state index in [0.717, 1.165) is 6.20 Å². The second-order valence-corrected chi connectivity index (χ2v) is 9.52. The van der Waals surface area contributed by atoms with E-state index in [-0.39, 0.29) is 29.8 Å². The van der Waals surface area contributed by atoms with Crippen molar-refractivity contribution in [1.29, 1.82) is 4.78 Å². The van der Waals surface area contributed by atoms with E-state index in [4.69, 9.17) is 14.3 Å². The first-order chi connectivity index (χ1) is 14.8. The second-order valence-electron chi connectivity index (χ2n) is 7.22. The number of nitrogens with zero attached hydrogens (tertiary/aromatic N) is 2. The zero-order valence-electron chi connectivity index (χ0n) is 16.7. The van der Waals surface area contributed by atoms with E-state index in [1.165, 1.54) is 24.5 Å². The van der Waals surface area contributed by atoms with Crippen molar-refractivity contribution in [2.24, 2.45) is 0 Å². The van der Waals surface area contributed by atoms with E-state index in [2.05, 4.69) is 15.3 Å². The Balaban J connectivity index is 1.80. The summed E-state index contributed by atoms with van der Waals surface area (Å²) in [5, 5.41) is 3.00. The number of nitrogens with one attached hydrogen (secondary N) is 2. The van der Waals surface area contributed by atoms with Crippen LogP contribution in [0, 0.1) is 16.4 Å². The molecule has 1 unspecified atom stereocenters. The van der Waals surface area contributed by atoms with Crippen LogP contribution < -0.4 is 14.8 Å². The summed E-state index contributed by atoms with van der Waals surface area (Å²) in [6.07, 6.45) is 2.88. The summed E-state index contributed by atoms with van der Waals surface area (Å²) in [5.41, 5.74) is 1.46. The number of anilines is 2. The monoisotopic (exact) mass is 446 g/mol. The fourth-order valence-electron chi connectivity index (χ4n) is 3.21. The van der Waals surface area contributed by atoms with Crippen LogP contribution in [-0.4, -0.2) is 33.6 Å². The summed E-state index contributed by atoms with van der Waals surface area (Å²) in [6.45, 7) is 0.530. The molecule has 0 amide bonds. The zero-order valence-corrected chi connectivity index (χ0v) is 17.5. The maximum absolute atomic E-state index is 14.5. The third kappa shape index (κ3) is 5.26. The van der Waals surface area contributed by atoms with Crippen LogP contribution in [0.15, 0.2) is 42.6 Å². The fraction of sp³-hybridized carbons (Fsp3) is 0.238. The molecule has 162 valence electrons. The number of benzene rings is 2. The molecule has 0 spiro atoms. The summed E-state index contributed by atoms with van der Waals surface area (Å²) in [7, 11) is -2.77. The third-order valence-electron chi connectivity index (χ3n) is 4.42. The zero-order chi connectivity index (χ0) is 22.0. The quantitative estimate of drug-likeness (QED) is 0.602. The first-order valence-corrected chi connectivity index (χ1v) is 11.6. The lowest BCUT2D eigenvalue weighted by atomic mass is 10.1. The maximum Gasteiger partial charge on any atom is 0.227 e. The minimum atomic E-state index is -2.77. The molecule has 0 fully saturated rings. The molecule has 0 radical (unpaired) electrons. The smallest absolute Gasteiger partial charge is 0.227 e. The number of aromatic nitrogens is 2. The molecule has 2 aromatic carbocycles. The molecule has 1 aliphatic rings. The van der Waals surface area contributed by atoms with Crippen LogP contribution in [0.25, 0.3) is 11.3 Å². The predicted molar refractivity (Wildman–Crippen MR) is 113 cm³/mol. The first-order valence-electron chi connectivity index (χ1n) is 9.47. The molecular formula is C21H20F2N4O3S. The molecular weight excluding hydrogens is 426 g/mol. The Morgan fingerprint density at radius 1 is 1.16 bits per heavy atom. The number of hydrogen-bond donors (Lipinski definition) is 2. The summed E-state index contributed by atoms with van der Waals surface area (Å²) in [6, 6.07) is 8.96. The predicted octanol–water partition coefficient (Wildman–Crippen LogP) is 4.50. The number of hydrogen-bond acceptors (Lipinski definition) is 7. The van der Waals surface area contributed by atoms with Gasteiger partial charge in [-0.1, -0.05) is 0 Å². The molecule has 0 saturated carbocycles. The Hall–Kier alpha value is -3.27. The van der Waals surface area contributed by atoms with Gasteiger partial charge in [-0.3, -0.25) is 4.78 Å². The van der Waals surface area contributed by atoms with Crippen molar-refractivity contribution in [3.63, 3.8) is 0 Å². The van der Waals surface area contributed by atoms with Crippen LogP contribution in [0.2, 0.25) is 0 Å². The Morgan fingerprint density at radius 3 is 2.77 bits per heavy atom. The molecule has 0 saturated heterocycles. The molecule has 4 bridgehead atoms. The lowest BCUT2D eigenvalue weighted by Crippen LogP contribution is -2.09. The van der Waals surface area contributed by atoms with Gasteiger partial charge in [-0.2, -0.15) is 0 Å². The molecule has 2 heterocycles. The van der Waals surface area contributed by atoms with E-state index in [9.17, 15) is 13.0 Å². The lowest BCUT2D eigenvalue weighted by Gasteiger charge is -2.16. The molecule has 7 nitrogen and oxygen atoms in total. The van der Waals surface area contributed by atoms with Gasteiger partial charge in [0.25, 0.3) is 0 Å². The molecule has 1 atom stereocenters. The van der Waals surface area contributed by atoms with Gasteiger partial charge in [-0.05, 0) is 29.8 Å². The number of fused-ring (bicyclic) bond motifs is 6. The summed E-state index contributed by atoms with van der Waals surface area (Å²) < 4.78 is 59.5. The second kappa shape index (κ2) is 8.46. The molecule has 10 heteroatoms. The largest absolute Gasteiger partial charge is 0.493 e. The van der Waals surface area contributed by atoms with Crippen LogP contribution in [0.1, 0.15) is 12.0 Å². The normalized spacial score (nSPS) is 15.3. The average Bonchev–Trinajstić information content (AvgIpc) is 2.67. The van der Waals surface area contributed by atoms with Crippen molar-refractivity contribution in [2.45, 2.75) is 12.2 Å². The van der Waals surface area contributed by atoms with E-state index in [0.29, 0.717) is 35.6 Å². The van der Waals surface area contributed by atoms with Crippen molar-refractivity contribution < 1.29 is 22.5 Å². The topological polar surface area (TPSA) is 97.2 Å². The van der Waals surface area contributed by atoms with Crippen molar-refractivity contribution in [2.75, 3.05) is 24.8 Å². The van der Waals surface area contributed by atoms with E-state index in [1.54, 1.807) is 18.2 Å². The van der Waals surface area contributed by atoms with Gasteiger partial charge in [0.1, 0.15) is 23.0 Å². The highest BCUT2D eigenvalue weighted by Crippen LogP contribution is 2.33. The average molecular weight is 446 g/mol. The van der Waals surface area contributed by atoms with Gasteiger partial charge >= 0.3 is 0 Å². The molecule has 3 aromatic rings. The standard InChI is InChI=1S/C21H20F2N4O3S/c1-31(24,28)12-13-7-15-10-16(8-13)29-5-2-6-30-19-9-14(22)3-4-17(19)20-18(23)11-25-21(26-15)27-20/h3-4,7-11,24H,2,5-6,12H2,1H3,(H,25,26,27). The summed E-state index contributed by atoms with van der Waals surface area (Å²) in [4.78, 5) is 8.23.